The van der Waals surface area contributed by atoms with E-state index in [1.165, 1.54) is 0 Å². The van der Waals surface area contributed by atoms with Crippen LogP contribution in [0, 0.1) is 0 Å². The summed E-state index contributed by atoms with van der Waals surface area (Å²) in [6.45, 7) is 33.1. The van der Waals surface area contributed by atoms with Gasteiger partial charge in [-0.3, -0.25) is 0 Å². The summed E-state index contributed by atoms with van der Waals surface area (Å²) in [5.74, 6) is 0. The zero-order valence-electron chi connectivity index (χ0n) is 19.7. The summed E-state index contributed by atoms with van der Waals surface area (Å²) in [6.07, 6.45) is 0. The first-order valence-electron chi connectivity index (χ1n) is 8.62. The first-order valence-corrected chi connectivity index (χ1v) is 15.0. The Bertz CT molecular complexity index is 165. The molecule has 0 spiro atoms. The Kier molecular flexibility index (Phi) is 28.1. The standard InChI is InChI=1S/5C4H9.5Sb/c5*1-4(2)3;;;;;/h5*1-3H3;;;;;. The molecule has 0 aliphatic rings. The van der Waals surface area contributed by atoms with Crippen molar-refractivity contribution >= 4 is 115 Å². The van der Waals surface area contributed by atoms with Crippen LogP contribution in [0.3, 0.4) is 0 Å². The van der Waals surface area contributed by atoms with E-state index in [0.29, 0.717) is 16.8 Å². The molecule has 0 amide bonds. The van der Waals surface area contributed by atoms with Gasteiger partial charge in [-0.15, -0.1) is 0 Å². The average molecular weight is 894 g/mol. The maximum absolute atomic E-state index is 2.21. The molecule has 5 heteroatoms. The van der Waals surface area contributed by atoms with Crippen LogP contribution in [0.1, 0.15) is 104 Å². The first-order chi connectivity index (χ1) is 10.0. The van der Waals surface area contributed by atoms with E-state index in [2.05, 4.69) is 104 Å². The summed E-state index contributed by atoms with van der Waals surface area (Å²) in [5, 5.41) is 0. The van der Waals surface area contributed by atoms with Crippen LogP contribution < -0.4 is 0 Å². The van der Waals surface area contributed by atoms with Gasteiger partial charge in [0.25, 0.3) is 0 Å². The Hall–Kier alpha value is 4.09. The van der Waals surface area contributed by atoms with Crippen molar-refractivity contribution in [2.45, 2.75) is 121 Å². The van der Waals surface area contributed by atoms with Crippen LogP contribution in [-0.4, -0.2) is 115 Å². The van der Waals surface area contributed by atoms with Crippen LogP contribution in [0.2, 0.25) is 16.8 Å². The van der Waals surface area contributed by atoms with E-state index in [-0.39, 0.29) is 0 Å². The van der Waals surface area contributed by atoms with Gasteiger partial charge >= 0.3 is 236 Å². The van der Waals surface area contributed by atoms with Gasteiger partial charge in [0.2, 0.25) is 0 Å². The van der Waals surface area contributed by atoms with E-state index in [4.69, 9.17) is 0 Å². The van der Waals surface area contributed by atoms with Crippen molar-refractivity contribution in [1.82, 2.24) is 0 Å². The summed E-state index contributed by atoms with van der Waals surface area (Å²) in [6, 6.07) is 0. The second-order valence-corrected chi connectivity index (χ2v) is 30.0. The summed E-state index contributed by atoms with van der Waals surface area (Å²) in [7, 11) is 0. The van der Waals surface area contributed by atoms with Crippen molar-refractivity contribution < 1.29 is 0 Å². The first kappa shape index (κ1) is 39.6. The molecule has 0 unspecified atom stereocenters. The SMILES string of the molecule is C[C](C)(C)[Sb].C[C](C)(C)[Sb].C[C](C)(C)[Sb].C[C](C)(C)[Sb].C[C](C)(C)[Sb]. The van der Waals surface area contributed by atoms with Crippen LogP contribution in [0.5, 0.6) is 0 Å². The number of rotatable bonds is 0. The molecular formula is C20H45Sb5. The molecule has 0 aromatic heterocycles. The summed E-state index contributed by atoms with van der Waals surface area (Å²) in [5.41, 5.74) is 0. The monoisotopic (exact) mass is 890 g/mol. The molecule has 0 N–H and O–H groups in total. The Labute approximate surface area is 232 Å². The van der Waals surface area contributed by atoms with Gasteiger partial charge in [-0.25, -0.2) is 0 Å². The van der Waals surface area contributed by atoms with Crippen LogP contribution in [0.25, 0.3) is 0 Å². The van der Waals surface area contributed by atoms with Gasteiger partial charge in [-0.2, -0.15) is 0 Å². The van der Waals surface area contributed by atoms with E-state index >= 15 is 0 Å². The third kappa shape index (κ3) is 1140. The second kappa shape index (κ2) is 17.7. The van der Waals surface area contributed by atoms with E-state index in [1.54, 1.807) is 0 Å². The quantitative estimate of drug-likeness (QED) is 0.234. The fourth-order valence-corrected chi connectivity index (χ4v) is 0. The Morgan fingerprint density at radius 3 is 0.240 bits per heavy atom. The molecule has 0 rings (SSSR count). The molecule has 0 saturated heterocycles. The average Bonchev–Trinajstić information content (AvgIpc) is 1.79. The van der Waals surface area contributed by atoms with Crippen LogP contribution >= 0.6 is 0 Å². The fourth-order valence-electron chi connectivity index (χ4n) is 0. The maximum atomic E-state index is 2.21. The van der Waals surface area contributed by atoms with Crippen molar-refractivity contribution in [3.05, 3.63) is 0 Å². The molecule has 0 saturated carbocycles. The van der Waals surface area contributed by atoms with Crippen molar-refractivity contribution in [1.29, 1.82) is 0 Å². The molecule has 0 fully saturated rings. The Morgan fingerprint density at radius 1 is 0.240 bits per heavy atom. The van der Waals surface area contributed by atoms with Gasteiger partial charge in [-0.1, -0.05) is 0 Å². The molecule has 0 aromatic rings. The van der Waals surface area contributed by atoms with Gasteiger partial charge in [0.05, 0.1) is 0 Å². The topological polar surface area (TPSA) is 0 Å². The van der Waals surface area contributed by atoms with Gasteiger partial charge in [-0.05, 0) is 0 Å². The molecule has 0 nitrogen and oxygen atoms in total. The molecular weight excluding hydrogens is 849 g/mol. The van der Waals surface area contributed by atoms with Crippen LogP contribution in [-0.2, 0) is 0 Å². The third-order valence-corrected chi connectivity index (χ3v) is 0. The van der Waals surface area contributed by atoms with Crippen LogP contribution in [0.15, 0.2) is 0 Å². The third-order valence-electron chi connectivity index (χ3n) is 0. The zero-order chi connectivity index (χ0) is 22.5. The van der Waals surface area contributed by atoms with Gasteiger partial charge in [0.1, 0.15) is 0 Å². The molecule has 0 bridgehead atoms. The summed E-state index contributed by atoms with van der Waals surface area (Å²) < 4.78 is 2.75. The van der Waals surface area contributed by atoms with Crippen molar-refractivity contribution in [2.24, 2.45) is 0 Å². The fraction of sp³-hybridized carbons (Fsp3) is 1.00. The van der Waals surface area contributed by atoms with E-state index in [9.17, 15) is 0 Å². The van der Waals surface area contributed by atoms with Gasteiger partial charge < -0.3 is 0 Å². The zero-order valence-corrected chi connectivity index (χ0v) is 32.5. The number of hydrogen-bond acceptors (Lipinski definition) is 0. The molecule has 0 aromatic carbocycles. The van der Waals surface area contributed by atoms with Crippen molar-refractivity contribution in [2.75, 3.05) is 0 Å². The normalized spacial score (nSPS) is 12.0. The predicted molar refractivity (Wildman–Crippen MR) is 127 cm³/mol. The van der Waals surface area contributed by atoms with Gasteiger partial charge in [0.15, 0.2) is 0 Å². The van der Waals surface area contributed by atoms with E-state index < -0.39 is 0 Å². The minimum atomic E-state index is 0.550. The van der Waals surface area contributed by atoms with Crippen LogP contribution in [0.4, 0.5) is 0 Å². The van der Waals surface area contributed by atoms with Crippen molar-refractivity contribution in [3.63, 3.8) is 0 Å². The molecule has 0 heterocycles. The summed E-state index contributed by atoms with van der Waals surface area (Å²) in [4.78, 5) is 0. The van der Waals surface area contributed by atoms with Crippen molar-refractivity contribution in [3.8, 4) is 0 Å². The molecule has 25 heavy (non-hydrogen) atoms. The molecule has 0 aliphatic heterocycles. The second-order valence-electron chi connectivity index (χ2n) is 10.9. The molecule has 0 aliphatic carbocycles. The predicted octanol–water partition coefficient (Wildman–Crippen LogP) is 6.87. The Morgan fingerprint density at radius 2 is 0.240 bits per heavy atom. The molecule has 0 atom stereocenters. The minimum absolute atomic E-state index is 0.550. The molecule has 150 valence electrons. The number of hydrogen-bond donors (Lipinski definition) is 0. The summed E-state index contributed by atoms with van der Waals surface area (Å²) >= 11 is 9.35. The van der Waals surface area contributed by atoms with Gasteiger partial charge in [0, 0.05) is 0 Å². The Balaban J connectivity index is -0.0000000667. The van der Waals surface area contributed by atoms with E-state index in [1.807, 2.05) is 115 Å². The molecule has 10 radical (unpaired) electrons. The van der Waals surface area contributed by atoms with E-state index in [0.717, 1.165) is 0 Å².